The highest BCUT2D eigenvalue weighted by Crippen LogP contribution is 2.20. The molecule has 2 N–H and O–H groups in total. The van der Waals surface area contributed by atoms with Crippen molar-refractivity contribution in [2.45, 2.75) is 23.8 Å². The van der Waals surface area contributed by atoms with Gasteiger partial charge in [0.25, 0.3) is 0 Å². The summed E-state index contributed by atoms with van der Waals surface area (Å²) >= 11 is 0. The van der Waals surface area contributed by atoms with E-state index in [4.69, 9.17) is 4.74 Å². The highest BCUT2D eigenvalue weighted by molar-refractivity contribution is 7.89. The first kappa shape index (κ1) is 14.4. The molecule has 106 valence electrons. The number of ether oxygens (including phenoxy) is 1. The highest BCUT2D eigenvalue weighted by Gasteiger charge is 2.33. The lowest BCUT2D eigenvalue weighted by molar-refractivity contribution is 0.0314. The number of nitrogens with one attached hydrogen (secondary N) is 1. The maximum atomic E-state index is 13.1. The number of aryl methyl sites for hydroxylation is 1. The second-order valence-corrected chi connectivity index (χ2v) is 6.50. The number of aliphatic hydroxyl groups is 1. The minimum atomic E-state index is -3.84. The maximum absolute atomic E-state index is 13.1. The molecular weight excluding hydrogens is 273 g/mol. The third kappa shape index (κ3) is 3.30. The first-order valence-corrected chi connectivity index (χ1v) is 7.37. The van der Waals surface area contributed by atoms with Gasteiger partial charge in [-0.25, -0.2) is 17.5 Å². The van der Waals surface area contributed by atoms with Gasteiger partial charge in [0.05, 0.1) is 11.5 Å². The fourth-order valence-electron chi connectivity index (χ4n) is 1.91. The number of benzene rings is 1. The lowest BCUT2D eigenvalue weighted by Gasteiger charge is -2.21. The summed E-state index contributed by atoms with van der Waals surface area (Å²) in [5, 5.41) is 10.00. The molecule has 1 saturated heterocycles. The van der Waals surface area contributed by atoms with Crippen LogP contribution in [0.5, 0.6) is 0 Å². The lowest BCUT2D eigenvalue weighted by atomic mass is 10.1. The van der Waals surface area contributed by atoms with Crippen molar-refractivity contribution in [1.82, 2.24) is 4.72 Å². The molecule has 1 unspecified atom stereocenters. The van der Waals surface area contributed by atoms with E-state index in [0.29, 0.717) is 18.6 Å². The number of sulfonamides is 1. The third-order valence-electron chi connectivity index (χ3n) is 3.11. The van der Waals surface area contributed by atoms with E-state index in [0.717, 1.165) is 6.07 Å². The van der Waals surface area contributed by atoms with E-state index in [9.17, 15) is 17.9 Å². The molecule has 1 aromatic rings. The summed E-state index contributed by atoms with van der Waals surface area (Å²) in [6.45, 7) is 1.93. The molecule has 1 atom stereocenters. The molecule has 0 amide bonds. The predicted octanol–water partition coefficient (Wildman–Crippen LogP) is 0.564. The largest absolute Gasteiger partial charge is 0.386 e. The van der Waals surface area contributed by atoms with Gasteiger partial charge >= 0.3 is 0 Å². The molecule has 0 spiro atoms. The van der Waals surface area contributed by atoms with Crippen molar-refractivity contribution in [3.8, 4) is 0 Å². The molecule has 0 radical (unpaired) electrons. The molecule has 1 aliphatic rings. The van der Waals surface area contributed by atoms with Gasteiger partial charge in [0, 0.05) is 19.6 Å². The molecule has 2 rings (SSSR count). The van der Waals surface area contributed by atoms with Crippen LogP contribution in [-0.4, -0.2) is 38.9 Å². The number of halogens is 1. The summed E-state index contributed by atoms with van der Waals surface area (Å²) in [6, 6.07) is 3.57. The minimum Gasteiger partial charge on any atom is -0.386 e. The van der Waals surface area contributed by atoms with Gasteiger partial charge in [-0.05, 0) is 24.6 Å². The van der Waals surface area contributed by atoms with E-state index in [1.54, 1.807) is 6.92 Å². The van der Waals surface area contributed by atoms with E-state index in [1.807, 2.05) is 0 Å². The molecule has 1 heterocycles. The van der Waals surface area contributed by atoms with Gasteiger partial charge in [-0.3, -0.25) is 0 Å². The summed E-state index contributed by atoms with van der Waals surface area (Å²) < 4.78 is 44.6. The Morgan fingerprint density at radius 1 is 1.53 bits per heavy atom. The Morgan fingerprint density at radius 3 is 2.89 bits per heavy atom. The lowest BCUT2D eigenvalue weighted by Crippen LogP contribution is -2.43. The van der Waals surface area contributed by atoms with Gasteiger partial charge in [0.15, 0.2) is 0 Å². The van der Waals surface area contributed by atoms with E-state index in [-0.39, 0.29) is 18.0 Å². The number of hydrogen-bond acceptors (Lipinski definition) is 4. The van der Waals surface area contributed by atoms with Gasteiger partial charge in [0.1, 0.15) is 11.4 Å². The molecule has 0 aromatic heterocycles. The SMILES string of the molecule is Cc1ccc(F)cc1S(=O)(=O)NCC1(O)CCOC1. The summed E-state index contributed by atoms with van der Waals surface area (Å²) in [6.07, 6.45) is 0.373. The van der Waals surface area contributed by atoms with Crippen molar-refractivity contribution < 1.29 is 22.7 Å². The highest BCUT2D eigenvalue weighted by atomic mass is 32.2. The van der Waals surface area contributed by atoms with Gasteiger partial charge in [-0.2, -0.15) is 0 Å². The fraction of sp³-hybridized carbons (Fsp3) is 0.500. The van der Waals surface area contributed by atoms with Crippen molar-refractivity contribution in [2.75, 3.05) is 19.8 Å². The molecule has 5 nitrogen and oxygen atoms in total. The predicted molar refractivity (Wildman–Crippen MR) is 66.7 cm³/mol. The number of rotatable bonds is 4. The summed E-state index contributed by atoms with van der Waals surface area (Å²) in [4.78, 5) is -0.116. The quantitative estimate of drug-likeness (QED) is 0.849. The Hall–Kier alpha value is -1.02. The van der Waals surface area contributed by atoms with Crippen LogP contribution in [0.4, 0.5) is 4.39 Å². The van der Waals surface area contributed by atoms with Crippen LogP contribution in [0.25, 0.3) is 0 Å². The Kier molecular flexibility index (Phi) is 3.91. The van der Waals surface area contributed by atoms with Crippen LogP contribution in [0.1, 0.15) is 12.0 Å². The van der Waals surface area contributed by atoms with E-state index in [1.165, 1.54) is 12.1 Å². The molecule has 1 aromatic carbocycles. The van der Waals surface area contributed by atoms with Crippen molar-refractivity contribution >= 4 is 10.0 Å². The molecule has 1 aliphatic heterocycles. The first-order valence-electron chi connectivity index (χ1n) is 5.88. The van der Waals surface area contributed by atoms with Gasteiger partial charge in [-0.15, -0.1) is 0 Å². The molecule has 19 heavy (non-hydrogen) atoms. The Bertz CT molecular complexity index is 567. The molecule has 0 aliphatic carbocycles. The molecule has 0 saturated carbocycles. The monoisotopic (exact) mass is 289 g/mol. The van der Waals surface area contributed by atoms with E-state index >= 15 is 0 Å². The first-order chi connectivity index (χ1) is 8.82. The van der Waals surface area contributed by atoms with E-state index < -0.39 is 21.4 Å². The van der Waals surface area contributed by atoms with Crippen LogP contribution in [0.3, 0.4) is 0 Å². The van der Waals surface area contributed by atoms with Crippen LogP contribution < -0.4 is 4.72 Å². The average molecular weight is 289 g/mol. The molecule has 0 bridgehead atoms. The van der Waals surface area contributed by atoms with Gasteiger partial charge in [0.2, 0.25) is 10.0 Å². The minimum absolute atomic E-state index is 0.0949. The maximum Gasteiger partial charge on any atom is 0.241 e. The van der Waals surface area contributed by atoms with E-state index in [2.05, 4.69) is 4.72 Å². The van der Waals surface area contributed by atoms with Gasteiger partial charge in [-0.1, -0.05) is 6.07 Å². The zero-order chi connectivity index (χ0) is 14.1. The zero-order valence-electron chi connectivity index (χ0n) is 10.5. The van der Waals surface area contributed by atoms with Crippen molar-refractivity contribution in [3.63, 3.8) is 0 Å². The molecular formula is C12H16FNO4S. The Morgan fingerprint density at radius 2 is 2.26 bits per heavy atom. The van der Waals surface area contributed by atoms with Crippen LogP contribution in [-0.2, 0) is 14.8 Å². The Balaban J connectivity index is 2.16. The van der Waals surface area contributed by atoms with Crippen molar-refractivity contribution in [3.05, 3.63) is 29.6 Å². The van der Waals surface area contributed by atoms with Crippen molar-refractivity contribution in [2.24, 2.45) is 0 Å². The van der Waals surface area contributed by atoms with Crippen LogP contribution in [0.2, 0.25) is 0 Å². The van der Waals surface area contributed by atoms with Crippen LogP contribution >= 0.6 is 0 Å². The summed E-state index contributed by atoms with van der Waals surface area (Å²) in [5.41, 5.74) is -0.738. The number of hydrogen-bond donors (Lipinski definition) is 2. The average Bonchev–Trinajstić information content (AvgIpc) is 2.78. The second-order valence-electron chi connectivity index (χ2n) is 4.76. The standard InChI is InChI=1S/C12H16FNO4S/c1-9-2-3-10(13)6-11(9)19(16,17)14-7-12(15)4-5-18-8-12/h2-3,6,14-15H,4-5,7-8H2,1H3. The molecule has 7 heteroatoms. The third-order valence-corrected chi connectivity index (χ3v) is 4.66. The summed E-state index contributed by atoms with van der Waals surface area (Å²) in [7, 11) is -3.84. The second kappa shape index (κ2) is 5.16. The Labute approximate surface area is 111 Å². The summed E-state index contributed by atoms with van der Waals surface area (Å²) in [5.74, 6) is -0.617. The normalized spacial score (nSPS) is 23.7. The smallest absolute Gasteiger partial charge is 0.241 e. The molecule has 1 fully saturated rings. The fourth-order valence-corrected chi connectivity index (χ4v) is 3.28. The van der Waals surface area contributed by atoms with Crippen LogP contribution in [0, 0.1) is 12.7 Å². The zero-order valence-corrected chi connectivity index (χ0v) is 11.3. The van der Waals surface area contributed by atoms with Crippen molar-refractivity contribution in [1.29, 1.82) is 0 Å². The van der Waals surface area contributed by atoms with Crippen LogP contribution in [0.15, 0.2) is 23.1 Å². The van der Waals surface area contributed by atoms with Gasteiger partial charge < -0.3 is 9.84 Å². The topological polar surface area (TPSA) is 75.6 Å².